The molecule has 0 spiro atoms. The molecule has 1 aromatic carbocycles. The van der Waals surface area contributed by atoms with Gasteiger partial charge in [0, 0.05) is 6.20 Å². The van der Waals surface area contributed by atoms with E-state index in [4.69, 9.17) is 28.5 Å². The van der Waals surface area contributed by atoms with Crippen molar-refractivity contribution in [3.63, 3.8) is 0 Å². The van der Waals surface area contributed by atoms with Gasteiger partial charge in [-0.3, -0.25) is 0 Å². The Bertz CT molecular complexity index is 852. The maximum Gasteiger partial charge on any atom is 0.225 e. The molecule has 3 aromatic rings. The van der Waals surface area contributed by atoms with Crippen LogP contribution >= 0.6 is 11.6 Å². The molecule has 110 valence electrons. The Morgan fingerprint density at radius 2 is 2.05 bits per heavy atom. The molecule has 2 heterocycles. The van der Waals surface area contributed by atoms with Gasteiger partial charge in [0.15, 0.2) is 5.82 Å². The van der Waals surface area contributed by atoms with Gasteiger partial charge in [-0.15, -0.1) is 6.42 Å². The lowest BCUT2D eigenvalue weighted by Crippen LogP contribution is -2.04. The number of aromatic nitrogens is 3. The van der Waals surface area contributed by atoms with Crippen molar-refractivity contribution < 1.29 is 4.74 Å². The van der Waals surface area contributed by atoms with Crippen molar-refractivity contribution in [1.29, 1.82) is 0 Å². The molecule has 3 rings (SSSR count). The number of hydrogen-bond donors (Lipinski definition) is 1. The summed E-state index contributed by atoms with van der Waals surface area (Å²) in [6, 6.07) is 9.89. The molecule has 0 saturated carbocycles. The normalized spacial score (nSPS) is 10.7. The molecule has 5 nitrogen and oxygen atoms in total. The van der Waals surface area contributed by atoms with Crippen LogP contribution in [0.5, 0.6) is 0 Å². The zero-order chi connectivity index (χ0) is 15.5. The van der Waals surface area contributed by atoms with Gasteiger partial charge in [-0.25, -0.2) is 4.98 Å². The van der Waals surface area contributed by atoms with Gasteiger partial charge in [0.25, 0.3) is 0 Å². The van der Waals surface area contributed by atoms with E-state index in [1.165, 1.54) is 0 Å². The number of nitrogens with zero attached hydrogens (tertiary/aromatic N) is 3. The SMILES string of the molecule is C#Cc1cn(COCc2ccccc2)c2c(N)nc(Cl)nc12. The number of benzene rings is 1. The number of fused-ring (bicyclic) bond motifs is 1. The zero-order valence-corrected chi connectivity index (χ0v) is 12.4. The predicted octanol–water partition coefficient (Wildman–Crippen LogP) is 2.82. The second-order valence-electron chi connectivity index (χ2n) is 4.70. The molecule has 0 bridgehead atoms. The fourth-order valence-electron chi connectivity index (χ4n) is 2.24. The van der Waals surface area contributed by atoms with Crippen LogP contribution in [0, 0.1) is 12.3 Å². The third kappa shape index (κ3) is 2.75. The van der Waals surface area contributed by atoms with E-state index < -0.39 is 0 Å². The molecule has 0 atom stereocenters. The van der Waals surface area contributed by atoms with Crippen molar-refractivity contribution >= 4 is 28.5 Å². The summed E-state index contributed by atoms with van der Waals surface area (Å²) in [5.74, 6) is 2.85. The van der Waals surface area contributed by atoms with Gasteiger partial charge >= 0.3 is 0 Å². The molecular formula is C16H13ClN4O. The molecule has 0 aliphatic rings. The Balaban J connectivity index is 1.86. The summed E-state index contributed by atoms with van der Waals surface area (Å²) >= 11 is 5.84. The number of hydrogen-bond acceptors (Lipinski definition) is 4. The van der Waals surface area contributed by atoms with E-state index in [1.807, 2.05) is 30.3 Å². The summed E-state index contributed by atoms with van der Waals surface area (Å²) in [5, 5.41) is 0.0736. The Kier molecular flexibility index (Phi) is 3.96. The van der Waals surface area contributed by atoms with Gasteiger partial charge in [0.1, 0.15) is 17.8 Å². The molecule has 0 aliphatic heterocycles. The Morgan fingerprint density at radius 1 is 1.27 bits per heavy atom. The first kappa shape index (κ1) is 14.4. The van der Waals surface area contributed by atoms with Gasteiger partial charge in [-0.05, 0) is 17.2 Å². The fourth-order valence-corrected chi connectivity index (χ4v) is 2.42. The average Bonchev–Trinajstić information content (AvgIpc) is 2.86. The lowest BCUT2D eigenvalue weighted by molar-refractivity contribution is 0.0668. The molecule has 0 saturated heterocycles. The molecule has 0 radical (unpaired) electrons. The highest BCUT2D eigenvalue weighted by atomic mass is 35.5. The van der Waals surface area contributed by atoms with E-state index in [-0.39, 0.29) is 11.1 Å². The number of ether oxygens (including phenoxy) is 1. The number of anilines is 1. The van der Waals surface area contributed by atoms with Crippen molar-refractivity contribution in [2.24, 2.45) is 0 Å². The largest absolute Gasteiger partial charge is 0.382 e. The van der Waals surface area contributed by atoms with Gasteiger partial charge in [0.2, 0.25) is 5.28 Å². The second kappa shape index (κ2) is 6.06. The molecule has 2 aromatic heterocycles. The topological polar surface area (TPSA) is 66.0 Å². The lowest BCUT2D eigenvalue weighted by atomic mass is 10.2. The molecular weight excluding hydrogens is 300 g/mol. The van der Waals surface area contributed by atoms with Crippen LogP contribution in [0.2, 0.25) is 5.28 Å². The Labute approximate surface area is 132 Å². The number of terminal acetylenes is 1. The summed E-state index contributed by atoms with van der Waals surface area (Å²) in [7, 11) is 0. The van der Waals surface area contributed by atoms with Gasteiger partial charge in [0.05, 0.1) is 12.2 Å². The van der Waals surface area contributed by atoms with E-state index >= 15 is 0 Å². The van der Waals surface area contributed by atoms with Crippen molar-refractivity contribution in [3.05, 3.63) is 52.9 Å². The Morgan fingerprint density at radius 3 is 2.77 bits per heavy atom. The minimum absolute atomic E-state index is 0.0736. The standard InChI is InChI=1S/C16H13ClN4O/c1-2-12-8-21(10-22-9-11-6-4-3-5-7-11)14-13(12)19-16(17)20-15(14)18/h1,3-8H,9-10H2,(H2,18,19,20). The first-order valence-corrected chi connectivity index (χ1v) is 6.97. The average molecular weight is 313 g/mol. The van der Waals surface area contributed by atoms with Crippen molar-refractivity contribution in [2.45, 2.75) is 13.3 Å². The summed E-state index contributed by atoms with van der Waals surface area (Å²) in [5.41, 5.74) is 8.81. The molecule has 22 heavy (non-hydrogen) atoms. The minimum Gasteiger partial charge on any atom is -0.382 e. The van der Waals surface area contributed by atoms with Crippen LogP contribution in [0.1, 0.15) is 11.1 Å². The third-order valence-corrected chi connectivity index (χ3v) is 3.38. The van der Waals surface area contributed by atoms with E-state index in [0.29, 0.717) is 29.9 Å². The molecule has 0 fully saturated rings. The maximum absolute atomic E-state index is 5.93. The highest BCUT2D eigenvalue weighted by Crippen LogP contribution is 2.25. The van der Waals surface area contributed by atoms with Crippen LogP contribution in [0.15, 0.2) is 36.5 Å². The van der Waals surface area contributed by atoms with E-state index in [9.17, 15) is 0 Å². The van der Waals surface area contributed by atoms with Gasteiger partial charge in [-0.1, -0.05) is 36.3 Å². The zero-order valence-electron chi connectivity index (χ0n) is 11.7. The molecule has 6 heteroatoms. The number of nitrogens with two attached hydrogens (primary N) is 1. The number of nitrogen functional groups attached to an aromatic ring is 1. The predicted molar refractivity (Wildman–Crippen MR) is 86.1 cm³/mol. The van der Waals surface area contributed by atoms with Crippen LogP contribution in [-0.4, -0.2) is 14.5 Å². The molecule has 0 amide bonds. The highest BCUT2D eigenvalue weighted by Gasteiger charge is 2.14. The second-order valence-corrected chi connectivity index (χ2v) is 5.03. The van der Waals surface area contributed by atoms with Crippen LogP contribution < -0.4 is 5.73 Å². The quantitative estimate of drug-likeness (QED) is 0.594. The van der Waals surface area contributed by atoms with Gasteiger partial charge < -0.3 is 15.0 Å². The van der Waals surface area contributed by atoms with Gasteiger partial charge in [-0.2, -0.15) is 4.98 Å². The number of rotatable bonds is 4. The van der Waals surface area contributed by atoms with E-state index in [2.05, 4.69) is 15.9 Å². The van der Waals surface area contributed by atoms with E-state index in [1.54, 1.807) is 10.8 Å². The highest BCUT2D eigenvalue weighted by molar-refractivity contribution is 6.28. The first-order valence-electron chi connectivity index (χ1n) is 6.59. The Hall–Kier alpha value is -2.55. The van der Waals surface area contributed by atoms with E-state index in [0.717, 1.165) is 5.56 Å². The minimum atomic E-state index is 0.0736. The maximum atomic E-state index is 5.93. The van der Waals surface area contributed by atoms with Crippen LogP contribution in [0.25, 0.3) is 11.0 Å². The number of halogens is 1. The molecule has 2 N–H and O–H groups in total. The fraction of sp³-hybridized carbons (Fsp3) is 0.125. The van der Waals surface area contributed by atoms with Crippen molar-refractivity contribution in [1.82, 2.24) is 14.5 Å². The summed E-state index contributed by atoms with van der Waals surface area (Å²) in [6.07, 6.45) is 7.26. The van der Waals surface area contributed by atoms with Crippen molar-refractivity contribution in [3.8, 4) is 12.3 Å². The first-order chi connectivity index (χ1) is 10.7. The van der Waals surface area contributed by atoms with Crippen molar-refractivity contribution in [2.75, 3.05) is 5.73 Å². The third-order valence-electron chi connectivity index (χ3n) is 3.21. The smallest absolute Gasteiger partial charge is 0.225 e. The monoisotopic (exact) mass is 312 g/mol. The van der Waals surface area contributed by atoms with Crippen LogP contribution in [0.3, 0.4) is 0 Å². The summed E-state index contributed by atoms with van der Waals surface area (Å²) in [4.78, 5) is 8.11. The summed E-state index contributed by atoms with van der Waals surface area (Å²) < 4.78 is 7.50. The molecule has 0 unspecified atom stereocenters. The van der Waals surface area contributed by atoms with Crippen LogP contribution in [-0.2, 0) is 18.1 Å². The van der Waals surface area contributed by atoms with Crippen LogP contribution in [0.4, 0.5) is 5.82 Å². The summed E-state index contributed by atoms with van der Waals surface area (Å²) in [6.45, 7) is 0.780. The molecule has 0 aliphatic carbocycles. The lowest BCUT2D eigenvalue weighted by Gasteiger charge is -2.08.